The molecule has 34 heavy (non-hydrogen) atoms. The van der Waals surface area contributed by atoms with Gasteiger partial charge in [0.15, 0.2) is 0 Å². The highest BCUT2D eigenvalue weighted by Crippen LogP contribution is 2.38. The van der Waals surface area contributed by atoms with Gasteiger partial charge in [-0.25, -0.2) is 4.39 Å². The number of amides is 1. The molecule has 2 fully saturated rings. The lowest BCUT2D eigenvalue weighted by Crippen LogP contribution is -2.46. The van der Waals surface area contributed by atoms with Crippen LogP contribution in [0.1, 0.15) is 48.7 Å². The fraction of sp³-hybridized carbons (Fsp3) is 0.407. The number of pyridine rings is 1. The molecule has 2 aliphatic rings. The van der Waals surface area contributed by atoms with Gasteiger partial charge in [0, 0.05) is 49.5 Å². The van der Waals surface area contributed by atoms with Gasteiger partial charge in [-0.1, -0.05) is 26.0 Å². The van der Waals surface area contributed by atoms with Crippen LogP contribution in [0.3, 0.4) is 0 Å². The third-order valence-corrected chi connectivity index (χ3v) is 7.04. The fourth-order valence-corrected chi connectivity index (χ4v) is 4.79. The van der Waals surface area contributed by atoms with E-state index in [-0.39, 0.29) is 17.0 Å². The van der Waals surface area contributed by atoms with Crippen LogP contribution in [0, 0.1) is 5.82 Å². The first-order valence-corrected chi connectivity index (χ1v) is 12.2. The predicted molar refractivity (Wildman–Crippen MR) is 135 cm³/mol. The predicted octanol–water partition coefficient (Wildman–Crippen LogP) is 4.43. The molecule has 2 heterocycles. The number of carbonyl (C=O) groups is 1. The number of carbonyl (C=O) groups excluding carboxylic acids is 1. The van der Waals surface area contributed by atoms with E-state index < -0.39 is 17.2 Å². The Hall–Kier alpha value is -3.19. The SMILES string of the molecule is CCc1cccc(NC(=O)c2cn(C3CC3)c3cc(N4CCN(CC)CC4)c(F)cc3c2=O)c1. The Morgan fingerprint density at radius 2 is 1.85 bits per heavy atom. The number of halogens is 1. The van der Waals surface area contributed by atoms with Crippen molar-refractivity contribution in [3.8, 4) is 0 Å². The van der Waals surface area contributed by atoms with Gasteiger partial charge in [-0.05, 0) is 55.6 Å². The first-order valence-electron chi connectivity index (χ1n) is 12.2. The number of benzene rings is 2. The molecule has 1 amide bonds. The smallest absolute Gasteiger partial charge is 0.261 e. The monoisotopic (exact) mass is 462 g/mol. The van der Waals surface area contributed by atoms with Gasteiger partial charge in [0.25, 0.3) is 5.91 Å². The van der Waals surface area contributed by atoms with Crippen molar-refractivity contribution >= 4 is 28.2 Å². The van der Waals surface area contributed by atoms with Crippen molar-refractivity contribution in [2.45, 2.75) is 39.2 Å². The lowest BCUT2D eigenvalue weighted by atomic mass is 10.1. The van der Waals surface area contributed by atoms with Gasteiger partial charge in [-0.2, -0.15) is 0 Å². The number of nitrogens with zero attached hydrogens (tertiary/aromatic N) is 3. The topological polar surface area (TPSA) is 57.6 Å². The summed E-state index contributed by atoms with van der Waals surface area (Å²) >= 11 is 0. The molecule has 5 rings (SSSR count). The number of nitrogens with one attached hydrogen (secondary N) is 1. The average Bonchev–Trinajstić information content (AvgIpc) is 3.70. The standard InChI is InChI=1S/C27H31FN4O2/c1-3-18-6-5-7-19(14-18)29-27(34)22-17-32(20-8-9-20)24-16-25(23(28)15-21(24)26(22)33)31-12-10-30(4-2)11-13-31/h5-7,14-17,20H,3-4,8-13H2,1-2H3,(H,29,34). The van der Waals surface area contributed by atoms with Crippen LogP contribution < -0.4 is 15.6 Å². The minimum absolute atomic E-state index is 0.0463. The molecule has 2 aromatic carbocycles. The summed E-state index contributed by atoms with van der Waals surface area (Å²) in [7, 11) is 0. The van der Waals surface area contributed by atoms with Crippen LogP contribution in [-0.2, 0) is 6.42 Å². The molecule has 0 atom stereocenters. The molecule has 1 saturated heterocycles. The van der Waals surface area contributed by atoms with Gasteiger partial charge in [0.2, 0.25) is 5.43 Å². The molecule has 7 heteroatoms. The molecule has 1 aromatic heterocycles. The maximum atomic E-state index is 15.3. The number of aromatic nitrogens is 1. The van der Waals surface area contributed by atoms with Gasteiger partial charge in [0.05, 0.1) is 11.2 Å². The maximum Gasteiger partial charge on any atom is 0.261 e. The van der Waals surface area contributed by atoms with Crippen LogP contribution in [0.5, 0.6) is 0 Å². The zero-order valence-corrected chi connectivity index (χ0v) is 19.8. The summed E-state index contributed by atoms with van der Waals surface area (Å²) in [5.41, 5.74) is 2.59. The van der Waals surface area contributed by atoms with Crippen LogP contribution >= 0.6 is 0 Å². The summed E-state index contributed by atoms with van der Waals surface area (Å²) in [6, 6.07) is 11.0. The highest BCUT2D eigenvalue weighted by Gasteiger charge is 2.28. The summed E-state index contributed by atoms with van der Waals surface area (Å²) in [5.74, 6) is -0.875. The van der Waals surface area contributed by atoms with Crippen LogP contribution in [0.2, 0.25) is 0 Å². The normalized spacial score (nSPS) is 16.7. The summed E-state index contributed by atoms with van der Waals surface area (Å²) < 4.78 is 17.3. The summed E-state index contributed by atoms with van der Waals surface area (Å²) in [6.45, 7) is 8.45. The molecule has 0 radical (unpaired) electrons. The minimum atomic E-state index is -0.463. The highest BCUT2D eigenvalue weighted by molar-refractivity contribution is 6.06. The van der Waals surface area contributed by atoms with Gasteiger partial charge < -0.3 is 19.7 Å². The van der Waals surface area contributed by atoms with E-state index in [9.17, 15) is 9.59 Å². The maximum absolute atomic E-state index is 15.3. The van der Waals surface area contributed by atoms with E-state index in [0.29, 0.717) is 16.9 Å². The third kappa shape index (κ3) is 4.32. The lowest BCUT2D eigenvalue weighted by molar-refractivity contribution is 0.102. The lowest BCUT2D eigenvalue weighted by Gasteiger charge is -2.35. The van der Waals surface area contributed by atoms with Crippen LogP contribution in [0.4, 0.5) is 15.8 Å². The number of anilines is 2. The molecular formula is C27H31FN4O2. The van der Waals surface area contributed by atoms with Crippen molar-refractivity contribution in [2.24, 2.45) is 0 Å². The number of aryl methyl sites for hydroxylation is 1. The van der Waals surface area contributed by atoms with Crippen molar-refractivity contribution in [3.63, 3.8) is 0 Å². The molecule has 1 saturated carbocycles. The largest absolute Gasteiger partial charge is 0.367 e. The molecular weight excluding hydrogens is 431 g/mol. The summed E-state index contributed by atoms with van der Waals surface area (Å²) in [4.78, 5) is 30.8. The Morgan fingerprint density at radius 3 is 2.53 bits per heavy atom. The highest BCUT2D eigenvalue weighted by atomic mass is 19.1. The second-order valence-electron chi connectivity index (χ2n) is 9.26. The van der Waals surface area contributed by atoms with Crippen molar-refractivity contribution in [2.75, 3.05) is 42.9 Å². The van der Waals surface area contributed by atoms with Crippen molar-refractivity contribution in [1.82, 2.24) is 9.47 Å². The Balaban J connectivity index is 1.53. The van der Waals surface area contributed by atoms with E-state index in [0.717, 1.165) is 57.5 Å². The van der Waals surface area contributed by atoms with Crippen LogP contribution in [0.25, 0.3) is 10.9 Å². The number of piperazine rings is 1. The van der Waals surface area contributed by atoms with Gasteiger partial charge in [0.1, 0.15) is 11.4 Å². The van der Waals surface area contributed by atoms with Crippen LogP contribution in [-0.4, -0.2) is 48.1 Å². The zero-order valence-electron chi connectivity index (χ0n) is 19.8. The molecule has 3 aromatic rings. The Morgan fingerprint density at radius 1 is 1.09 bits per heavy atom. The van der Waals surface area contributed by atoms with Crippen molar-refractivity contribution < 1.29 is 9.18 Å². The van der Waals surface area contributed by atoms with E-state index >= 15 is 4.39 Å². The van der Waals surface area contributed by atoms with Gasteiger partial charge in [-0.3, -0.25) is 9.59 Å². The minimum Gasteiger partial charge on any atom is -0.367 e. The first-order chi connectivity index (χ1) is 16.5. The summed E-state index contributed by atoms with van der Waals surface area (Å²) in [5, 5.41) is 3.11. The van der Waals surface area contributed by atoms with E-state index in [1.165, 1.54) is 6.07 Å². The van der Waals surface area contributed by atoms with E-state index in [2.05, 4.69) is 22.0 Å². The van der Waals surface area contributed by atoms with Crippen molar-refractivity contribution in [1.29, 1.82) is 0 Å². The second-order valence-corrected chi connectivity index (χ2v) is 9.26. The molecule has 0 spiro atoms. The van der Waals surface area contributed by atoms with Crippen molar-refractivity contribution in [3.05, 3.63) is 69.8 Å². The average molecular weight is 463 g/mol. The van der Waals surface area contributed by atoms with Gasteiger partial charge in [-0.15, -0.1) is 0 Å². The van der Waals surface area contributed by atoms with Crippen LogP contribution in [0.15, 0.2) is 47.4 Å². The molecule has 1 aliphatic carbocycles. The Kier molecular flexibility index (Phi) is 6.13. The fourth-order valence-electron chi connectivity index (χ4n) is 4.79. The Bertz CT molecular complexity index is 1290. The third-order valence-electron chi connectivity index (χ3n) is 7.04. The Labute approximate surface area is 199 Å². The molecule has 0 unspecified atom stereocenters. The number of hydrogen-bond donors (Lipinski definition) is 1. The molecule has 0 bridgehead atoms. The van der Waals surface area contributed by atoms with Gasteiger partial charge >= 0.3 is 0 Å². The quantitative estimate of drug-likeness (QED) is 0.589. The summed E-state index contributed by atoms with van der Waals surface area (Å²) in [6.07, 6.45) is 4.49. The molecule has 178 valence electrons. The van der Waals surface area contributed by atoms with E-state index in [1.807, 2.05) is 35.8 Å². The zero-order chi connectivity index (χ0) is 23.8. The number of rotatable bonds is 6. The molecule has 1 aliphatic heterocycles. The molecule has 1 N–H and O–H groups in total. The number of hydrogen-bond acceptors (Lipinski definition) is 4. The first kappa shape index (κ1) is 22.6. The number of likely N-dealkylation sites (N-methyl/N-ethyl adjacent to an activating group) is 1. The molecule has 6 nitrogen and oxygen atoms in total. The van der Waals surface area contributed by atoms with E-state index in [4.69, 9.17) is 0 Å². The second kappa shape index (κ2) is 9.22. The number of fused-ring (bicyclic) bond motifs is 1. The van der Waals surface area contributed by atoms with E-state index in [1.54, 1.807) is 12.3 Å².